The number of para-hydroxylation sites is 1. The zero-order valence-corrected chi connectivity index (χ0v) is 11.6. The van der Waals surface area contributed by atoms with Crippen LogP contribution in [0.1, 0.15) is 11.3 Å². The van der Waals surface area contributed by atoms with Crippen LogP contribution in [-0.4, -0.2) is 4.98 Å². The fraction of sp³-hybridized carbons (Fsp3) is 0.0588. The number of rotatable bonds is 2. The van der Waals surface area contributed by atoms with Gasteiger partial charge in [-0.1, -0.05) is 18.2 Å². The van der Waals surface area contributed by atoms with Crippen molar-refractivity contribution in [3.05, 3.63) is 59.8 Å². The lowest BCUT2D eigenvalue weighted by molar-refractivity contribution is 1.25. The van der Waals surface area contributed by atoms with Crippen molar-refractivity contribution in [2.24, 2.45) is 0 Å². The maximum atomic E-state index is 9.05. The molecule has 102 valence electrons. The fourth-order valence-electron chi connectivity index (χ4n) is 2.23. The van der Waals surface area contributed by atoms with E-state index in [2.05, 4.69) is 16.4 Å². The van der Waals surface area contributed by atoms with Crippen molar-refractivity contribution in [2.45, 2.75) is 6.92 Å². The molecular formula is C17H14N4. The second-order valence-corrected chi connectivity index (χ2v) is 4.87. The van der Waals surface area contributed by atoms with Crippen LogP contribution in [0, 0.1) is 18.3 Å². The van der Waals surface area contributed by atoms with Crippen molar-refractivity contribution in [1.29, 1.82) is 5.26 Å². The maximum Gasteiger partial charge on any atom is 0.101 e. The Morgan fingerprint density at radius 3 is 2.81 bits per heavy atom. The van der Waals surface area contributed by atoms with E-state index in [1.54, 1.807) is 12.1 Å². The van der Waals surface area contributed by atoms with Gasteiger partial charge in [-0.25, -0.2) is 0 Å². The van der Waals surface area contributed by atoms with Gasteiger partial charge in [-0.2, -0.15) is 5.26 Å². The van der Waals surface area contributed by atoms with E-state index in [4.69, 9.17) is 11.0 Å². The summed E-state index contributed by atoms with van der Waals surface area (Å²) in [6.45, 7) is 1.97. The number of hydrogen-bond acceptors (Lipinski definition) is 4. The van der Waals surface area contributed by atoms with Crippen molar-refractivity contribution in [1.82, 2.24) is 4.98 Å². The zero-order chi connectivity index (χ0) is 14.8. The lowest BCUT2D eigenvalue weighted by Crippen LogP contribution is -1.96. The predicted octanol–water partition coefficient (Wildman–Crippen LogP) is 3.74. The minimum Gasteiger partial charge on any atom is -0.398 e. The lowest BCUT2D eigenvalue weighted by Gasteiger charge is -2.10. The van der Waals surface area contributed by atoms with E-state index in [-0.39, 0.29) is 0 Å². The number of hydrogen-bond donors (Lipinski definition) is 2. The Morgan fingerprint density at radius 2 is 2.00 bits per heavy atom. The van der Waals surface area contributed by atoms with Gasteiger partial charge in [0.25, 0.3) is 0 Å². The molecular weight excluding hydrogens is 260 g/mol. The Hall–Kier alpha value is -3.06. The molecule has 4 heteroatoms. The van der Waals surface area contributed by atoms with Crippen LogP contribution >= 0.6 is 0 Å². The van der Waals surface area contributed by atoms with Gasteiger partial charge in [0.2, 0.25) is 0 Å². The third-order valence-corrected chi connectivity index (χ3v) is 3.31. The van der Waals surface area contributed by atoms with Crippen molar-refractivity contribution in [3.8, 4) is 6.07 Å². The minimum atomic E-state index is 0.462. The highest BCUT2D eigenvalue weighted by Crippen LogP contribution is 2.26. The highest BCUT2D eigenvalue weighted by atomic mass is 14.9. The molecule has 0 bridgehead atoms. The van der Waals surface area contributed by atoms with Gasteiger partial charge in [0, 0.05) is 22.5 Å². The molecule has 0 fully saturated rings. The molecule has 21 heavy (non-hydrogen) atoms. The number of benzene rings is 2. The number of aryl methyl sites for hydroxylation is 1. The summed E-state index contributed by atoms with van der Waals surface area (Å²) in [6.07, 6.45) is 0. The van der Waals surface area contributed by atoms with Crippen LogP contribution < -0.4 is 11.1 Å². The van der Waals surface area contributed by atoms with Gasteiger partial charge >= 0.3 is 0 Å². The number of nitriles is 1. The number of pyridine rings is 1. The molecule has 1 heterocycles. The smallest absolute Gasteiger partial charge is 0.101 e. The largest absolute Gasteiger partial charge is 0.398 e. The third kappa shape index (κ3) is 2.49. The zero-order valence-electron chi connectivity index (χ0n) is 11.6. The molecule has 3 aromatic rings. The molecule has 1 aromatic heterocycles. The average Bonchev–Trinajstić information content (AvgIpc) is 2.50. The Bertz CT molecular complexity index is 862. The topological polar surface area (TPSA) is 74.7 Å². The summed E-state index contributed by atoms with van der Waals surface area (Å²) in [5, 5.41) is 13.4. The average molecular weight is 274 g/mol. The van der Waals surface area contributed by atoms with Gasteiger partial charge in [0.1, 0.15) is 6.07 Å². The fourth-order valence-corrected chi connectivity index (χ4v) is 2.23. The quantitative estimate of drug-likeness (QED) is 0.698. The summed E-state index contributed by atoms with van der Waals surface area (Å²) in [6, 6.07) is 17.4. The van der Waals surface area contributed by atoms with Crippen LogP contribution in [-0.2, 0) is 0 Å². The molecule has 0 atom stereocenters. The number of fused-ring (bicyclic) bond motifs is 1. The lowest BCUT2D eigenvalue weighted by atomic mass is 10.1. The van der Waals surface area contributed by atoms with Gasteiger partial charge in [-0.15, -0.1) is 0 Å². The molecule has 3 N–H and O–H groups in total. The first-order valence-corrected chi connectivity index (χ1v) is 6.60. The third-order valence-electron chi connectivity index (χ3n) is 3.31. The van der Waals surface area contributed by atoms with E-state index in [1.165, 1.54) is 0 Å². The van der Waals surface area contributed by atoms with E-state index in [0.29, 0.717) is 11.3 Å². The van der Waals surface area contributed by atoms with Gasteiger partial charge in [-0.3, -0.25) is 4.98 Å². The highest BCUT2D eigenvalue weighted by Gasteiger charge is 2.05. The summed E-state index contributed by atoms with van der Waals surface area (Å²) >= 11 is 0. The van der Waals surface area contributed by atoms with E-state index in [1.807, 2.05) is 43.3 Å². The van der Waals surface area contributed by atoms with E-state index >= 15 is 0 Å². The molecule has 0 spiro atoms. The molecule has 3 rings (SSSR count). The molecule has 2 aromatic carbocycles. The number of nitrogen functional groups attached to an aromatic ring is 1. The number of anilines is 3. The predicted molar refractivity (Wildman–Crippen MR) is 85.3 cm³/mol. The molecule has 0 amide bonds. The van der Waals surface area contributed by atoms with Crippen LogP contribution in [0.3, 0.4) is 0 Å². The molecule has 0 saturated carbocycles. The number of nitrogens with one attached hydrogen (secondary N) is 1. The van der Waals surface area contributed by atoms with Crippen LogP contribution in [0.25, 0.3) is 10.9 Å². The number of nitrogens with two attached hydrogens (primary N) is 1. The molecule has 0 saturated heterocycles. The number of nitrogens with zero attached hydrogens (tertiary/aromatic N) is 2. The Balaban J connectivity index is 2.06. The van der Waals surface area contributed by atoms with Gasteiger partial charge in [0.15, 0.2) is 0 Å². The molecule has 0 aliphatic carbocycles. The van der Waals surface area contributed by atoms with Crippen LogP contribution in [0.4, 0.5) is 17.1 Å². The van der Waals surface area contributed by atoms with Crippen molar-refractivity contribution in [3.63, 3.8) is 0 Å². The maximum absolute atomic E-state index is 9.05. The summed E-state index contributed by atoms with van der Waals surface area (Å²) in [5.41, 5.74) is 10.3. The number of aromatic nitrogens is 1. The SMILES string of the molecule is Cc1ccc2cccc(Nc3ccc(N)c(C#N)c3)c2n1. The summed E-state index contributed by atoms with van der Waals surface area (Å²) in [4.78, 5) is 4.58. The van der Waals surface area contributed by atoms with E-state index < -0.39 is 0 Å². The van der Waals surface area contributed by atoms with Crippen molar-refractivity contribution in [2.75, 3.05) is 11.1 Å². The summed E-state index contributed by atoms with van der Waals surface area (Å²) < 4.78 is 0. The Labute approximate surface area is 122 Å². The Kier molecular flexibility index (Phi) is 3.17. The highest BCUT2D eigenvalue weighted by molar-refractivity contribution is 5.92. The summed E-state index contributed by atoms with van der Waals surface area (Å²) in [5.74, 6) is 0. The first kappa shape index (κ1) is 12.9. The molecule has 0 aliphatic rings. The molecule has 0 aliphatic heterocycles. The first-order valence-electron chi connectivity index (χ1n) is 6.60. The minimum absolute atomic E-state index is 0.462. The van der Waals surface area contributed by atoms with Crippen LogP contribution in [0.2, 0.25) is 0 Å². The van der Waals surface area contributed by atoms with Gasteiger partial charge in [-0.05, 0) is 37.3 Å². The molecule has 0 radical (unpaired) electrons. The van der Waals surface area contributed by atoms with Crippen LogP contribution in [0.15, 0.2) is 48.5 Å². The van der Waals surface area contributed by atoms with Gasteiger partial charge in [0.05, 0.1) is 16.8 Å². The second kappa shape index (κ2) is 5.14. The van der Waals surface area contributed by atoms with Crippen molar-refractivity contribution >= 4 is 28.0 Å². The van der Waals surface area contributed by atoms with E-state index in [9.17, 15) is 0 Å². The summed E-state index contributed by atoms with van der Waals surface area (Å²) in [7, 11) is 0. The van der Waals surface area contributed by atoms with Crippen LogP contribution in [0.5, 0.6) is 0 Å². The second-order valence-electron chi connectivity index (χ2n) is 4.87. The standard InChI is InChI=1S/C17H14N4/c1-11-5-6-12-3-2-4-16(17(12)20-11)21-14-7-8-15(19)13(9-14)10-18/h2-9,21H,19H2,1H3. The molecule has 0 unspecified atom stereocenters. The van der Waals surface area contributed by atoms with E-state index in [0.717, 1.165) is 28.0 Å². The van der Waals surface area contributed by atoms with Gasteiger partial charge < -0.3 is 11.1 Å². The normalized spacial score (nSPS) is 10.3. The van der Waals surface area contributed by atoms with Crippen molar-refractivity contribution < 1.29 is 0 Å². The Morgan fingerprint density at radius 1 is 1.14 bits per heavy atom. The molecule has 4 nitrogen and oxygen atoms in total. The first-order chi connectivity index (χ1) is 10.2. The monoisotopic (exact) mass is 274 g/mol.